The first-order valence-corrected chi connectivity index (χ1v) is 12.9. The number of rotatable bonds is 7. The van der Waals surface area contributed by atoms with Crippen LogP contribution in [0.4, 0.5) is 18.9 Å². The fourth-order valence-electron chi connectivity index (χ4n) is 3.89. The van der Waals surface area contributed by atoms with Crippen LogP contribution in [-0.2, 0) is 16.2 Å². The molecule has 0 aromatic heterocycles. The van der Waals surface area contributed by atoms with Gasteiger partial charge in [-0.1, -0.05) is 23.7 Å². The van der Waals surface area contributed by atoms with Gasteiger partial charge in [-0.15, -0.1) is 0 Å². The summed E-state index contributed by atoms with van der Waals surface area (Å²) < 4.78 is 81.3. The van der Waals surface area contributed by atoms with E-state index in [1.807, 2.05) is 22.7 Å². The smallest absolute Gasteiger partial charge is 0.421 e. The van der Waals surface area contributed by atoms with E-state index >= 15 is 0 Å². The van der Waals surface area contributed by atoms with Gasteiger partial charge in [0, 0.05) is 13.1 Å². The Balaban J connectivity index is 1.58. The molecule has 1 N–H and O–H groups in total. The number of hydrogen-bond donors (Lipinski definition) is 1. The second-order valence-electron chi connectivity index (χ2n) is 8.37. The first-order valence-electron chi connectivity index (χ1n) is 11.0. The molecule has 194 valence electrons. The van der Waals surface area contributed by atoms with Crippen molar-refractivity contribution in [3.8, 4) is 23.3 Å². The maximum Gasteiger partial charge on any atom is 0.421 e. The van der Waals surface area contributed by atoms with Crippen molar-refractivity contribution in [3.05, 3.63) is 76.8 Å². The Hall–Kier alpha value is -3.46. The topological polar surface area (TPSA) is 91.7 Å². The molecule has 1 atom stereocenters. The van der Waals surface area contributed by atoms with Crippen molar-refractivity contribution in [1.82, 2.24) is 4.90 Å². The average molecular weight is 552 g/mol. The predicted octanol–water partition coefficient (Wildman–Crippen LogP) is 5.91. The number of nitriles is 1. The van der Waals surface area contributed by atoms with Crippen LogP contribution in [0.15, 0.2) is 65.6 Å². The highest BCUT2D eigenvalue weighted by Crippen LogP contribution is 2.42. The van der Waals surface area contributed by atoms with Crippen molar-refractivity contribution in [2.75, 3.05) is 24.9 Å². The molecule has 0 bridgehead atoms. The number of benzene rings is 3. The Morgan fingerprint density at radius 2 is 1.76 bits per heavy atom. The van der Waals surface area contributed by atoms with E-state index in [0.717, 1.165) is 6.07 Å². The van der Waals surface area contributed by atoms with E-state index in [2.05, 4.69) is 0 Å². The van der Waals surface area contributed by atoms with E-state index in [9.17, 15) is 26.9 Å². The summed E-state index contributed by atoms with van der Waals surface area (Å²) in [6.07, 6.45) is -4.75. The molecule has 1 aliphatic heterocycles. The Kier molecular flexibility index (Phi) is 7.54. The van der Waals surface area contributed by atoms with Crippen LogP contribution in [0.2, 0.25) is 5.02 Å². The van der Waals surface area contributed by atoms with Gasteiger partial charge >= 0.3 is 6.18 Å². The van der Waals surface area contributed by atoms with Crippen LogP contribution in [-0.4, -0.2) is 39.6 Å². The minimum Gasteiger partial charge on any atom is -0.488 e. The summed E-state index contributed by atoms with van der Waals surface area (Å²) >= 11 is 5.99. The standard InChI is InChI=1S/C25H21ClF3N3O4S/c1-32-13-12-17(15-32)36-23-7-3-5-21(24(23)25(27,28)29)31-37(33,34)18-10-8-16(9-11-18)35-22-6-2-4-20(26)19(22)14-30/h2-11,17,31H,12-13,15H2,1H3/t17-/m1/s1. The minimum atomic E-state index is -4.87. The van der Waals surface area contributed by atoms with E-state index in [-0.39, 0.29) is 27.0 Å². The average Bonchev–Trinajstić information content (AvgIpc) is 3.23. The largest absolute Gasteiger partial charge is 0.488 e. The van der Waals surface area contributed by atoms with Crippen LogP contribution in [0.3, 0.4) is 0 Å². The Morgan fingerprint density at radius 1 is 1.08 bits per heavy atom. The second kappa shape index (κ2) is 10.5. The monoisotopic (exact) mass is 551 g/mol. The van der Waals surface area contributed by atoms with Crippen molar-refractivity contribution in [2.24, 2.45) is 0 Å². The molecule has 0 radical (unpaired) electrons. The molecule has 1 fully saturated rings. The summed E-state index contributed by atoms with van der Waals surface area (Å²) in [6.45, 7) is 1.15. The van der Waals surface area contributed by atoms with E-state index in [0.29, 0.717) is 19.5 Å². The fourth-order valence-corrected chi connectivity index (χ4v) is 5.17. The lowest BCUT2D eigenvalue weighted by Crippen LogP contribution is -2.24. The lowest BCUT2D eigenvalue weighted by atomic mass is 10.1. The normalized spacial score (nSPS) is 16.3. The van der Waals surface area contributed by atoms with Gasteiger partial charge in [0.25, 0.3) is 10.0 Å². The molecule has 1 heterocycles. The van der Waals surface area contributed by atoms with E-state index in [4.69, 9.17) is 21.1 Å². The van der Waals surface area contributed by atoms with Crippen LogP contribution >= 0.6 is 11.6 Å². The minimum absolute atomic E-state index is 0.105. The molecular formula is C25H21ClF3N3O4S. The van der Waals surface area contributed by atoms with Gasteiger partial charge < -0.3 is 14.4 Å². The number of sulfonamides is 1. The Morgan fingerprint density at radius 3 is 2.38 bits per heavy atom. The summed E-state index contributed by atoms with van der Waals surface area (Å²) in [5.41, 5.74) is -1.74. The maximum atomic E-state index is 14.0. The van der Waals surface area contributed by atoms with Crippen molar-refractivity contribution in [2.45, 2.75) is 23.6 Å². The molecule has 3 aromatic rings. The van der Waals surface area contributed by atoms with Gasteiger partial charge in [0.15, 0.2) is 0 Å². The molecule has 12 heteroatoms. The van der Waals surface area contributed by atoms with Crippen molar-refractivity contribution >= 4 is 27.3 Å². The van der Waals surface area contributed by atoms with Crippen LogP contribution in [0.1, 0.15) is 17.5 Å². The molecular weight excluding hydrogens is 531 g/mol. The molecule has 0 saturated carbocycles. The fraction of sp³-hybridized carbons (Fsp3) is 0.240. The van der Waals surface area contributed by atoms with Crippen molar-refractivity contribution < 1.29 is 31.1 Å². The third-order valence-corrected chi connectivity index (χ3v) is 7.34. The number of alkyl halides is 3. The Bertz CT molecular complexity index is 1440. The van der Waals surface area contributed by atoms with Gasteiger partial charge in [-0.2, -0.15) is 18.4 Å². The van der Waals surface area contributed by atoms with Gasteiger partial charge in [0.1, 0.15) is 40.5 Å². The van der Waals surface area contributed by atoms with Gasteiger partial charge in [0.05, 0.1) is 15.6 Å². The van der Waals surface area contributed by atoms with E-state index in [1.165, 1.54) is 48.5 Å². The lowest BCUT2D eigenvalue weighted by Gasteiger charge is -2.21. The summed E-state index contributed by atoms with van der Waals surface area (Å²) in [4.78, 5) is 1.65. The summed E-state index contributed by atoms with van der Waals surface area (Å²) in [5.74, 6) is -0.0685. The highest BCUT2D eigenvalue weighted by Gasteiger charge is 2.39. The molecule has 3 aromatic carbocycles. The highest BCUT2D eigenvalue weighted by molar-refractivity contribution is 7.92. The first kappa shape index (κ1) is 26.6. The highest BCUT2D eigenvalue weighted by atomic mass is 35.5. The molecule has 1 saturated heterocycles. The number of hydrogen-bond acceptors (Lipinski definition) is 6. The van der Waals surface area contributed by atoms with Crippen molar-refractivity contribution in [3.63, 3.8) is 0 Å². The number of anilines is 1. The summed E-state index contributed by atoms with van der Waals surface area (Å²) in [6, 6.07) is 15.1. The molecule has 0 spiro atoms. The van der Waals surface area contributed by atoms with Crippen molar-refractivity contribution in [1.29, 1.82) is 5.26 Å². The quantitative estimate of drug-likeness (QED) is 0.393. The van der Waals surface area contributed by atoms with Crippen LogP contribution < -0.4 is 14.2 Å². The third kappa shape index (κ3) is 6.10. The number of nitrogens with one attached hydrogen (secondary N) is 1. The number of halogens is 4. The molecule has 0 unspecified atom stereocenters. The lowest BCUT2D eigenvalue weighted by molar-refractivity contribution is -0.138. The number of likely N-dealkylation sites (N-methyl/N-ethyl adjacent to an activating group) is 1. The van der Waals surface area contributed by atoms with E-state index in [1.54, 1.807) is 6.07 Å². The molecule has 1 aliphatic rings. The van der Waals surface area contributed by atoms with Gasteiger partial charge in [-0.05, 0) is 62.0 Å². The molecule has 7 nitrogen and oxygen atoms in total. The summed E-state index contributed by atoms with van der Waals surface area (Å²) in [5, 5.41) is 9.46. The zero-order valence-corrected chi connectivity index (χ0v) is 21.0. The third-order valence-electron chi connectivity index (χ3n) is 5.64. The van der Waals surface area contributed by atoms with Gasteiger partial charge in [0.2, 0.25) is 0 Å². The molecule has 37 heavy (non-hydrogen) atoms. The van der Waals surface area contributed by atoms with Crippen LogP contribution in [0.5, 0.6) is 17.2 Å². The summed E-state index contributed by atoms with van der Waals surface area (Å²) in [7, 11) is -2.56. The first-order chi connectivity index (χ1) is 17.5. The molecule has 0 amide bonds. The number of ether oxygens (including phenoxy) is 2. The predicted molar refractivity (Wildman–Crippen MR) is 131 cm³/mol. The molecule has 0 aliphatic carbocycles. The zero-order valence-electron chi connectivity index (χ0n) is 19.4. The Labute approximate surface area is 217 Å². The second-order valence-corrected chi connectivity index (χ2v) is 10.5. The number of nitrogens with zero attached hydrogens (tertiary/aromatic N) is 2. The van der Waals surface area contributed by atoms with Gasteiger partial charge in [-0.25, -0.2) is 8.42 Å². The maximum absolute atomic E-state index is 14.0. The van der Waals surface area contributed by atoms with E-state index < -0.39 is 39.3 Å². The number of likely N-dealkylation sites (tertiary alicyclic amines) is 1. The van der Waals surface area contributed by atoms with Gasteiger partial charge in [-0.3, -0.25) is 4.72 Å². The van der Waals surface area contributed by atoms with Crippen LogP contribution in [0, 0.1) is 11.3 Å². The molecule has 4 rings (SSSR count). The SMILES string of the molecule is CN1CC[C@@H](Oc2cccc(NS(=O)(=O)c3ccc(Oc4cccc(Cl)c4C#N)cc3)c2C(F)(F)F)C1. The van der Waals surface area contributed by atoms with Crippen LogP contribution in [0.25, 0.3) is 0 Å². The zero-order chi connectivity index (χ0) is 26.8.